The highest BCUT2D eigenvalue weighted by atomic mass is 16.5. The second kappa shape index (κ2) is 10.8. The second-order valence-corrected chi connectivity index (χ2v) is 9.89. The third-order valence-corrected chi connectivity index (χ3v) is 6.63. The maximum absolute atomic E-state index is 12.7. The summed E-state index contributed by atoms with van der Waals surface area (Å²) in [6, 6.07) is 13.4. The molecule has 0 spiro atoms. The Morgan fingerprint density at radius 2 is 1.84 bits per heavy atom. The topological polar surface area (TPSA) is 113 Å². The van der Waals surface area contributed by atoms with Crippen molar-refractivity contribution >= 4 is 22.6 Å². The minimum absolute atomic E-state index is 0.150. The normalized spacial score (nSPS) is 18.4. The van der Waals surface area contributed by atoms with Gasteiger partial charge in [-0.15, -0.1) is 0 Å². The smallest absolute Gasteiger partial charge is 0.270 e. The van der Waals surface area contributed by atoms with Crippen molar-refractivity contribution in [2.75, 3.05) is 18.0 Å². The van der Waals surface area contributed by atoms with Crippen molar-refractivity contribution in [2.45, 2.75) is 52.6 Å². The Hall–Kier alpha value is -3.95. The first-order chi connectivity index (χ1) is 18.3. The number of carbonyl (C=O) groups excluding carboxylic acids is 1. The largest absolute Gasteiger partial charge is 0.389 e. The van der Waals surface area contributed by atoms with E-state index < -0.39 is 6.10 Å². The molecule has 9 heteroatoms. The van der Waals surface area contributed by atoms with Crippen molar-refractivity contribution in [1.29, 1.82) is 0 Å². The van der Waals surface area contributed by atoms with Gasteiger partial charge in [0.15, 0.2) is 0 Å². The molecular weight excluding hydrogens is 480 g/mol. The van der Waals surface area contributed by atoms with E-state index >= 15 is 0 Å². The zero-order valence-electron chi connectivity index (χ0n) is 22.0. The third kappa shape index (κ3) is 5.64. The van der Waals surface area contributed by atoms with Gasteiger partial charge in [0.25, 0.3) is 5.91 Å². The molecule has 5 rings (SSSR count). The molecule has 0 aromatic carbocycles. The van der Waals surface area contributed by atoms with Gasteiger partial charge in [0, 0.05) is 30.9 Å². The van der Waals surface area contributed by atoms with Gasteiger partial charge in [-0.3, -0.25) is 14.8 Å². The lowest BCUT2D eigenvalue weighted by Gasteiger charge is -2.36. The number of nitrogens with zero attached hydrogens (tertiary/aromatic N) is 5. The predicted molar refractivity (Wildman–Crippen MR) is 146 cm³/mol. The summed E-state index contributed by atoms with van der Waals surface area (Å²) in [6.07, 6.45) is 2.97. The van der Waals surface area contributed by atoms with E-state index in [0.717, 1.165) is 46.8 Å². The van der Waals surface area contributed by atoms with E-state index in [2.05, 4.69) is 34.0 Å². The summed E-state index contributed by atoms with van der Waals surface area (Å²) in [5.74, 6) is 0.580. The number of ether oxygens (including phenoxy) is 1. The first kappa shape index (κ1) is 25.7. The molecule has 0 radical (unpaired) electrons. The summed E-state index contributed by atoms with van der Waals surface area (Å²) in [4.78, 5) is 33.4. The SMILES string of the molecule is Cc1cnc(C(=O)NCc2cc3nc(-c4cccc(N5C[C@@H](C)O[C@@H](C)C5)n4)ccc3cn2)cc1C(C)O. The van der Waals surface area contributed by atoms with Crippen LogP contribution in [0.4, 0.5) is 5.82 Å². The van der Waals surface area contributed by atoms with Crippen LogP contribution in [0.5, 0.6) is 0 Å². The number of aromatic nitrogens is 4. The molecule has 0 aliphatic carbocycles. The zero-order valence-corrected chi connectivity index (χ0v) is 22.0. The number of aliphatic hydroxyl groups is 1. The van der Waals surface area contributed by atoms with Gasteiger partial charge in [0.05, 0.1) is 47.5 Å². The number of carbonyl (C=O) groups is 1. The first-order valence-electron chi connectivity index (χ1n) is 12.8. The molecule has 196 valence electrons. The first-order valence-corrected chi connectivity index (χ1v) is 12.8. The average molecular weight is 513 g/mol. The molecule has 1 saturated heterocycles. The number of pyridine rings is 4. The number of hydrogen-bond acceptors (Lipinski definition) is 8. The van der Waals surface area contributed by atoms with Crippen LogP contribution in [-0.4, -0.2) is 56.2 Å². The van der Waals surface area contributed by atoms with Gasteiger partial charge in [-0.2, -0.15) is 0 Å². The maximum Gasteiger partial charge on any atom is 0.270 e. The summed E-state index contributed by atoms with van der Waals surface area (Å²) in [5.41, 5.74) is 4.78. The van der Waals surface area contributed by atoms with Gasteiger partial charge >= 0.3 is 0 Å². The van der Waals surface area contributed by atoms with E-state index in [1.165, 1.54) is 0 Å². The van der Waals surface area contributed by atoms with Crippen LogP contribution in [0, 0.1) is 6.92 Å². The number of rotatable bonds is 6. The Morgan fingerprint density at radius 1 is 1.08 bits per heavy atom. The number of aryl methyl sites for hydroxylation is 1. The van der Waals surface area contributed by atoms with E-state index in [1.54, 1.807) is 25.4 Å². The number of amides is 1. The molecule has 1 amide bonds. The molecule has 5 heterocycles. The fraction of sp³-hybridized carbons (Fsp3) is 0.345. The molecule has 2 N–H and O–H groups in total. The van der Waals surface area contributed by atoms with Crippen LogP contribution in [0.1, 0.15) is 54.2 Å². The van der Waals surface area contributed by atoms with Crippen LogP contribution < -0.4 is 10.2 Å². The van der Waals surface area contributed by atoms with Gasteiger partial charge in [-0.25, -0.2) is 9.97 Å². The molecule has 9 nitrogen and oxygen atoms in total. The lowest BCUT2D eigenvalue weighted by molar-refractivity contribution is -0.00545. The molecule has 0 bridgehead atoms. The van der Waals surface area contributed by atoms with E-state index in [9.17, 15) is 9.90 Å². The number of hydrogen-bond donors (Lipinski definition) is 2. The Labute approximate surface area is 221 Å². The van der Waals surface area contributed by atoms with E-state index in [4.69, 9.17) is 14.7 Å². The second-order valence-electron chi connectivity index (χ2n) is 9.89. The predicted octanol–water partition coefficient (Wildman–Crippen LogP) is 3.99. The summed E-state index contributed by atoms with van der Waals surface area (Å²) < 4.78 is 5.86. The molecule has 4 aromatic heterocycles. The van der Waals surface area contributed by atoms with Gasteiger partial charge < -0.3 is 20.1 Å². The van der Waals surface area contributed by atoms with Gasteiger partial charge in [-0.05, 0) is 75.2 Å². The molecule has 1 aliphatic heterocycles. The number of aliphatic hydroxyl groups excluding tert-OH is 1. The summed E-state index contributed by atoms with van der Waals surface area (Å²) in [6.45, 7) is 9.49. The highest BCUT2D eigenvalue weighted by Gasteiger charge is 2.23. The molecule has 1 unspecified atom stereocenters. The van der Waals surface area contributed by atoms with Crippen molar-refractivity contribution < 1.29 is 14.6 Å². The Morgan fingerprint density at radius 3 is 2.61 bits per heavy atom. The monoisotopic (exact) mass is 512 g/mol. The minimum Gasteiger partial charge on any atom is -0.389 e. The summed E-state index contributed by atoms with van der Waals surface area (Å²) in [5, 5.41) is 13.7. The van der Waals surface area contributed by atoms with Crippen LogP contribution in [-0.2, 0) is 11.3 Å². The summed E-state index contributed by atoms with van der Waals surface area (Å²) in [7, 11) is 0. The highest BCUT2D eigenvalue weighted by molar-refractivity contribution is 5.92. The number of anilines is 1. The number of fused-ring (bicyclic) bond motifs is 1. The van der Waals surface area contributed by atoms with E-state index in [1.807, 2.05) is 43.3 Å². The quantitative estimate of drug-likeness (QED) is 0.399. The number of nitrogens with one attached hydrogen (secondary N) is 1. The average Bonchev–Trinajstić information content (AvgIpc) is 2.91. The van der Waals surface area contributed by atoms with E-state index in [-0.39, 0.29) is 30.4 Å². The lowest BCUT2D eigenvalue weighted by Crippen LogP contribution is -2.45. The minimum atomic E-state index is -0.678. The van der Waals surface area contributed by atoms with Gasteiger partial charge in [0.1, 0.15) is 11.5 Å². The van der Waals surface area contributed by atoms with Crippen LogP contribution >= 0.6 is 0 Å². The molecule has 3 atom stereocenters. The van der Waals surface area contributed by atoms with Crippen LogP contribution in [0.25, 0.3) is 22.3 Å². The van der Waals surface area contributed by atoms with E-state index in [0.29, 0.717) is 11.3 Å². The molecule has 38 heavy (non-hydrogen) atoms. The maximum atomic E-state index is 12.7. The van der Waals surface area contributed by atoms with Crippen molar-refractivity contribution in [1.82, 2.24) is 25.3 Å². The Balaban J connectivity index is 1.33. The molecule has 1 aliphatic rings. The molecule has 1 fully saturated rings. The third-order valence-electron chi connectivity index (χ3n) is 6.63. The highest BCUT2D eigenvalue weighted by Crippen LogP contribution is 2.24. The lowest BCUT2D eigenvalue weighted by atomic mass is 10.1. The molecule has 0 saturated carbocycles. The van der Waals surface area contributed by atoms with Crippen molar-refractivity contribution in [3.63, 3.8) is 0 Å². The molecular formula is C29H32N6O3. The van der Waals surface area contributed by atoms with Gasteiger partial charge in [-0.1, -0.05) is 6.07 Å². The zero-order chi connectivity index (χ0) is 26.8. The molecule has 4 aromatic rings. The van der Waals surface area contributed by atoms with Crippen LogP contribution in [0.2, 0.25) is 0 Å². The fourth-order valence-corrected chi connectivity index (χ4v) is 4.78. The van der Waals surface area contributed by atoms with Crippen molar-refractivity contribution in [2.24, 2.45) is 0 Å². The van der Waals surface area contributed by atoms with Crippen molar-refractivity contribution in [3.8, 4) is 11.4 Å². The van der Waals surface area contributed by atoms with Crippen LogP contribution in [0.15, 0.2) is 54.9 Å². The fourth-order valence-electron chi connectivity index (χ4n) is 4.78. The number of morpholine rings is 1. The van der Waals surface area contributed by atoms with Crippen molar-refractivity contribution in [3.05, 3.63) is 77.4 Å². The Kier molecular flexibility index (Phi) is 7.31. The Bertz CT molecular complexity index is 1460. The standard InChI is InChI=1S/C29H32N6O3/c1-17-12-31-27(11-23(17)20(4)36)29(37)32-14-22-10-26-21(13-30-22)8-9-25(33-26)24-6-5-7-28(34-24)35-15-18(2)38-19(3)16-35/h5-13,18-20,36H,14-16H2,1-4H3,(H,32,37)/t18-,19+,20?. The van der Waals surface area contributed by atoms with Gasteiger partial charge in [0.2, 0.25) is 0 Å². The van der Waals surface area contributed by atoms with Crippen LogP contribution in [0.3, 0.4) is 0 Å². The summed E-state index contributed by atoms with van der Waals surface area (Å²) >= 11 is 0.